The fourth-order valence-corrected chi connectivity index (χ4v) is 1.81. The number of hydrogen-bond acceptors (Lipinski definition) is 2. The van der Waals surface area contributed by atoms with Crippen LogP contribution in [0.5, 0.6) is 0 Å². The number of hydrogen-bond donors (Lipinski definition) is 0. The maximum absolute atomic E-state index is 11.6. The van der Waals surface area contributed by atoms with Crippen molar-refractivity contribution < 1.29 is 4.79 Å². The first kappa shape index (κ1) is 10.7. The lowest BCUT2D eigenvalue weighted by molar-refractivity contribution is -0.123. The summed E-state index contributed by atoms with van der Waals surface area (Å²) >= 11 is 0. The van der Waals surface area contributed by atoms with Crippen molar-refractivity contribution in [3.8, 4) is 0 Å². The van der Waals surface area contributed by atoms with Crippen LogP contribution in [0.3, 0.4) is 0 Å². The molecular formula is C11H21NO. The first-order valence-corrected chi connectivity index (χ1v) is 5.42. The maximum atomic E-state index is 11.6. The van der Waals surface area contributed by atoms with E-state index in [1.165, 1.54) is 12.8 Å². The van der Waals surface area contributed by atoms with Gasteiger partial charge in [-0.1, -0.05) is 13.8 Å². The van der Waals surface area contributed by atoms with Gasteiger partial charge in [-0.15, -0.1) is 0 Å². The maximum Gasteiger partial charge on any atom is 0.149 e. The first-order valence-electron chi connectivity index (χ1n) is 5.42. The minimum absolute atomic E-state index is 0.243. The standard InChI is InChI=1S/C11H21NO/c1-4-9(2)11(13)8-12-7-5-6-10(12)3/h9-10H,4-8H2,1-3H3. The molecule has 2 unspecified atom stereocenters. The number of likely N-dealkylation sites (tertiary alicyclic amines) is 1. The third-order valence-corrected chi connectivity index (χ3v) is 3.21. The largest absolute Gasteiger partial charge is 0.298 e. The second-order valence-corrected chi connectivity index (χ2v) is 4.24. The Labute approximate surface area is 81.3 Å². The van der Waals surface area contributed by atoms with Gasteiger partial charge < -0.3 is 0 Å². The molecule has 0 aromatic heterocycles. The van der Waals surface area contributed by atoms with Crippen molar-refractivity contribution in [2.75, 3.05) is 13.1 Å². The van der Waals surface area contributed by atoms with Gasteiger partial charge in [-0.3, -0.25) is 9.69 Å². The van der Waals surface area contributed by atoms with Gasteiger partial charge in [-0.25, -0.2) is 0 Å². The summed E-state index contributed by atoms with van der Waals surface area (Å²) < 4.78 is 0. The zero-order valence-corrected chi connectivity index (χ0v) is 9.05. The molecule has 0 aromatic rings. The van der Waals surface area contributed by atoms with Crippen LogP contribution in [0, 0.1) is 5.92 Å². The van der Waals surface area contributed by atoms with Gasteiger partial charge in [0.2, 0.25) is 0 Å². The molecule has 0 saturated carbocycles. The molecule has 0 N–H and O–H groups in total. The fraction of sp³-hybridized carbons (Fsp3) is 0.909. The van der Waals surface area contributed by atoms with Crippen molar-refractivity contribution in [3.05, 3.63) is 0 Å². The van der Waals surface area contributed by atoms with Crippen LogP contribution in [0.1, 0.15) is 40.0 Å². The Balaban J connectivity index is 2.35. The Morgan fingerprint density at radius 3 is 2.77 bits per heavy atom. The Kier molecular flexibility index (Phi) is 3.91. The summed E-state index contributed by atoms with van der Waals surface area (Å²) in [6.07, 6.45) is 3.49. The molecule has 13 heavy (non-hydrogen) atoms. The van der Waals surface area contributed by atoms with Crippen LogP contribution in [0.2, 0.25) is 0 Å². The van der Waals surface area contributed by atoms with E-state index in [0.29, 0.717) is 18.4 Å². The Morgan fingerprint density at radius 2 is 2.31 bits per heavy atom. The molecule has 2 heteroatoms. The molecule has 1 saturated heterocycles. The van der Waals surface area contributed by atoms with Gasteiger partial charge in [0.05, 0.1) is 6.54 Å². The summed E-state index contributed by atoms with van der Waals surface area (Å²) in [6.45, 7) is 8.12. The lowest BCUT2D eigenvalue weighted by atomic mass is 10.0. The minimum atomic E-state index is 0.243. The van der Waals surface area contributed by atoms with Crippen LogP contribution < -0.4 is 0 Å². The van der Waals surface area contributed by atoms with Gasteiger partial charge in [0.25, 0.3) is 0 Å². The number of carbonyl (C=O) groups is 1. The lowest BCUT2D eigenvalue weighted by Crippen LogP contribution is -2.34. The molecule has 0 radical (unpaired) electrons. The van der Waals surface area contributed by atoms with E-state index in [9.17, 15) is 4.79 Å². The summed E-state index contributed by atoms with van der Waals surface area (Å²) in [6, 6.07) is 0.619. The van der Waals surface area contributed by atoms with Crippen LogP contribution >= 0.6 is 0 Å². The van der Waals surface area contributed by atoms with Gasteiger partial charge in [0.15, 0.2) is 0 Å². The third-order valence-electron chi connectivity index (χ3n) is 3.21. The van der Waals surface area contributed by atoms with E-state index in [1.807, 2.05) is 6.92 Å². The van der Waals surface area contributed by atoms with E-state index in [1.54, 1.807) is 0 Å². The monoisotopic (exact) mass is 183 g/mol. The SMILES string of the molecule is CCC(C)C(=O)CN1CCCC1C. The molecule has 2 nitrogen and oxygen atoms in total. The van der Waals surface area contributed by atoms with Crippen LogP contribution in [-0.4, -0.2) is 29.8 Å². The molecular weight excluding hydrogens is 162 g/mol. The van der Waals surface area contributed by atoms with E-state index in [-0.39, 0.29) is 5.92 Å². The molecule has 2 atom stereocenters. The number of carbonyl (C=O) groups excluding carboxylic acids is 1. The van der Waals surface area contributed by atoms with Crippen molar-refractivity contribution in [2.24, 2.45) is 5.92 Å². The highest BCUT2D eigenvalue weighted by Crippen LogP contribution is 2.17. The number of rotatable bonds is 4. The molecule has 0 amide bonds. The average Bonchev–Trinajstić information content (AvgIpc) is 2.50. The Bertz CT molecular complexity index is 179. The number of ketones is 1. The van der Waals surface area contributed by atoms with E-state index in [4.69, 9.17) is 0 Å². The molecule has 0 aromatic carbocycles. The zero-order valence-electron chi connectivity index (χ0n) is 9.05. The summed E-state index contributed by atoms with van der Waals surface area (Å²) in [5.41, 5.74) is 0. The molecule has 1 aliphatic rings. The molecule has 76 valence electrons. The van der Waals surface area contributed by atoms with E-state index in [0.717, 1.165) is 13.0 Å². The van der Waals surface area contributed by atoms with Crippen LogP contribution in [0.15, 0.2) is 0 Å². The normalized spacial score (nSPS) is 26.2. The quantitative estimate of drug-likeness (QED) is 0.665. The van der Waals surface area contributed by atoms with Gasteiger partial charge in [0, 0.05) is 12.0 Å². The second-order valence-electron chi connectivity index (χ2n) is 4.24. The van der Waals surface area contributed by atoms with Crippen LogP contribution in [-0.2, 0) is 4.79 Å². The highest BCUT2D eigenvalue weighted by atomic mass is 16.1. The molecule has 1 heterocycles. The van der Waals surface area contributed by atoms with Gasteiger partial charge in [0.1, 0.15) is 5.78 Å². The zero-order chi connectivity index (χ0) is 9.84. The lowest BCUT2D eigenvalue weighted by Gasteiger charge is -2.21. The molecule has 1 rings (SSSR count). The second kappa shape index (κ2) is 4.75. The molecule has 1 fully saturated rings. The highest BCUT2D eigenvalue weighted by molar-refractivity contribution is 5.82. The van der Waals surface area contributed by atoms with Gasteiger partial charge in [-0.05, 0) is 32.7 Å². The smallest absolute Gasteiger partial charge is 0.149 e. The van der Waals surface area contributed by atoms with Crippen molar-refractivity contribution >= 4 is 5.78 Å². The molecule has 0 spiro atoms. The van der Waals surface area contributed by atoms with Crippen molar-refractivity contribution in [1.82, 2.24) is 4.90 Å². The van der Waals surface area contributed by atoms with Gasteiger partial charge in [-0.2, -0.15) is 0 Å². The first-order chi connectivity index (χ1) is 6.15. The van der Waals surface area contributed by atoms with Crippen molar-refractivity contribution in [1.29, 1.82) is 0 Å². The van der Waals surface area contributed by atoms with E-state index >= 15 is 0 Å². The molecule has 0 aliphatic carbocycles. The number of Topliss-reactive ketones (excluding diaryl/α,β-unsaturated/α-hetero) is 1. The van der Waals surface area contributed by atoms with Crippen molar-refractivity contribution in [2.45, 2.75) is 46.1 Å². The Morgan fingerprint density at radius 1 is 1.62 bits per heavy atom. The molecule has 1 aliphatic heterocycles. The average molecular weight is 183 g/mol. The van der Waals surface area contributed by atoms with E-state index < -0.39 is 0 Å². The van der Waals surface area contributed by atoms with Crippen LogP contribution in [0.4, 0.5) is 0 Å². The van der Waals surface area contributed by atoms with Crippen molar-refractivity contribution in [3.63, 3.8) is 0 Å². The summed E-state index contributed by atoms with van der Waals surface area (Å²) in [5.74, 6) is 0.657. The third kappa shape index (κ3) is 2.80. The topological polar surface area (TPSA) is 20.3 Å². The summed E-state index contributed by atoms with van der Waals surface area (Å²) in [7, 11) is 0. The highest BCUT2D eigenvalue weighted by Gasteiger charge is 2.23. The Hall–Kier alpha value is -0.370. The van der Waals surface area contributed by atoms with Crippen LogP contribution in [0.25, 0.3) is 0 Å². The molecule has 0 bridgehead atoms. The summed E-state index contributed by atoms with van der Waals surface area (Å²) in [4.78, 5) is 13.9. The number of nitrogens with zero attached hydrogens (tertiary/aromatic N) is 1. The minimum Gasteiger partial charge on any atom is -0.298 e. The van der Waals surface area contributed by atoms with Gasteiger partial charge >= 0.3 is 0 Å². The summed E-state index contributed by atoms with van der Waals surface area (Å²) in [5, 5.41) is 0. The predicted molar refractivity (Wildman–Crippen MR) is 54.7 cm³/mol. The van der Waals surface area contributed by atoms with E-state index in [2.05, 4.69) is 18.7 Å². The fourth-order valence-electron chi connectivity index (χ4n) is 1.81. The predicted octanol–water partition coefficient (Wildman–Crippen LogP) is 2.09.